The summed E-state index contributed by atoms with van der Waals surface area (Å²) in [6.07, 6.45) is 4.90. The van der Waals surface area contributed by atoms with Crippen LogP contribution in [0, 0.1) is 0 Å². The Bertz CT molecular complexity index is 1070. The number of imidazole rings is 1. The highest BCUT2D eigenvalue weighted by Gasteiger charge is 2.22. The molecule has 0 bridgehead atoms. The second-order valence-electron chi connectivity index (χ2n) is 6.84. The number of rotatable bonds is 5. The Morgan fingerprint density at radius 3 is 2.78 bits per heavy atom. The first-order chi connectivity index (χ1) is 13.3. The van der Waals surface area contributed by atoms with Gasteiger partial charge in [0.1, 0.15) is 17.3 Å². The van der Waals surface area contributed by atoms with Gasteiger partial charge in [-0.05, 0) is 18.6 Å². The zero-order valence-electron chi connectivity index (χ0n) is 15.3. The van der Waals surface area contributed by atoms with Crippen LogP contribution in [0.1, 0.15) is 30.8 Å². The SMILES string of the molecule is CCc1ccc(-c2c(-c3ccccc3)ncn2Cc2nnc3n2CCC3)o1. The molecule has 6 heteroatoms. The number of hydrogen-bond donors (Lipinski definition) is 0. The van der Waals surface area contributed by atoms with Crippen molar-refractivity contribution < 1.29 is 4.42 Å². The van der Waals surface area contributed by atoms with Gasteiger partial charge in [0.15, 0.2) is 11.6 Å². The van der Waals surface area contributed by atoms with Gasteiger partial charge >= 0.3 is 0 Å². The van der Waals surface area contributed by atoms with E-state index in [0.717, 1.165) is 65.9 Å². The van der Waals surface area contributed by atoms with Gasteiger partial charge in [-0.2, -0.15) is 0 Å². The second-order valence-corrected chi connectivity index (χ2v) is 6.84. The van der Waals surface area contributed by atoms with Crippen LogP contribution in [-0.4, -0.2) is 24.3 Å². The van der Waals surface area contributed by atoms with Crippen LogP contribution < -0.4 is 0 Å². The molecular weight excluding hydrogens is 338 g/mol. The molecule has 0 atom stereocenters. The van der Waals surface area contributed by atoms with Crippen LogP contribution in [0.15, 0.2) is 53.2 Å². The fraction of sp³-hybridized carbons (Fsp3) is 0.286. The lowest BCUT2D eigenvalue weighted by molar-refractivity contribution is 0.523. The van der Waals surface area contributed by atoms with E-state index in [0.29, 0.717) is 6.54 Å². The first-order valence-electron chi connectivity index (χ1n) is 9.44. The number of aromatic nitrogens is 5. The van der Waals surface area contributed by atoms with Crippen LogP contribution in [-0.2, 0) is 25.9 Å². The number of hydrogen-bond acceptors (Lipinski definition) is 4. The molecule has 4 heterocycles. The maximum absolute atomic E-state index is 6.09. The van der Waals surface area contributed by atoms with Gasteiger partial charge in [0.25, 0.3) is 0 Å². The van der Waals surface area contributed by atoms with Crippen molar-refractivity contribution in [2.45, 2.75) is 39.3 Å². The van der Waals surface area contributed by atoms with Gasteiger partial charge in [0.2, 0.25) is 0 Å². The van der Waals surface area contributed by atoms with Gasteiger partial charge in [-0.3, -0.25) is 0 Å². The molecule has 0 amide bonds. The van der Waals surface area contributed by atoms with Crippen LogP contribution in [0.4, 0.5) is 0 Å². The van der Waals surface area contributed by atoms with Crippen molar-refractivity contribution >= 4 is 0 Å². The summed E-state index contributed by atoms with van der Waals surface area (Å²) in [5.74, 6) is 3.87. The fourth-order valence-corrected chi connectivity index (χ4v) is 3.74. The second kappa shape index (κ2) is 6.54. The van der Waals surface area contributed by atoms with Gasteiger partial charge in [0, 0.05) is 24.9 Å². The van der Waals surface area contributed by atoms with Crippen molar-refractivity contribution in [3.05, 3.63) is 66.2 Å². The van der Waals surface area contributed by atoms with Crippen LogP contribution >= 0.6 is 0 Å². The molecule has 5 rings (SSSR count). The molecule has 0 saturated carbocycles. The normalized spacial score (nSPS) is 13.2. The molecule has 1 aliphatic rings. The van der Waals surface area contributed by atoms with Gasteiger partial charge in [0.05, 0.1) is 18.6 Å². The summed E-state index contributed by atoms with van der Waals surface area (Å²) in [4.78, 5) is 4.72. The molecule has 0 N–H and O–H groups in total. The average Bonchev–Trinajstić information content (AvgIpc) is 3.47. The fourth-order valence-electron chi connectivity index (χ4n) is 3.74. The van der Waals surface area contributed by atoms with E-state index in [1.807, 2.05) is 36.7 Å². The van der Waals surface area contributed by atoms with Gasteiger partial charge in [-0.1, -0.05) is 37.3 Å². The van der Waals surface area contributed by atoms with Crippen LogP contribution in [0.5, 0.6) is 0 Å². The average molecular weight is 359 g/mol. The van der Waals surface area contributed by atoms with Crippen LogP contribution in [0.3, 0.4) is 0 Å². The van der Waals surface area contributed by atoms with E-state index in [4.69, 9.17) is 9.40 Å². The summed E-state index contributed by atoms with van der Waals surface area (Å²) in [5, 5.41) is 8.74. The molecular formula is C21H21N5O. The highest BCUT2D eigenvalue weighted by molar-refractivity contribution is 5.76. The van der Waals surface area contributed by atoms with E-state index in [9.17, 15) is 0 Å². The summed E-state index contributed by atoms with van der Waals surface area (Å²) in [6, 6.07) is 14.3. The minimum atomic E-state index is 0.629. The molecule has 0 fully saturated rings. The highest BCUT2D eigenvalue weighted by atomic mass is 16.3. The monoisotopic (exact) mass is 359 g/mol. The lowest BCUT2D eigenvalue weighted by Gasteiger charge is -2.09. The molecule has 0 radical (unpaired) electrons. The largest absolute Gasteiger partial charge is 0.459 e. The zero-order chi connectivity index (χ0) is 18.2. The lowest BCUT2D eigenvalue weighted by atomic mass is 10.1. The Labute approximate surface area is 157 Å². The molecule has 27 heavy (non-hydrogen) atoms. The molecule has 1 aliphatic heterocycles. The van der Waals surface area contributed by atoms with Crippen LogP contribution in [0.2, 0.25) is 0 Å². The zero-order valence-corrected chi connectivity index (χ0v) is 15.3. The minimum Gasteiger partial charge on any atom is -0.459 e. The third-order valence-electron chi connectivity index (χ3n) is 5.13. The summed E-state index contributed by atoms with van der Waals surface area (Å²) < 4.78 is 10.4. The van der Waals surface area contributed by atoms with Crippen molar-refractivity contribution in [1.82, 2.24) is 24.3 Å². The predicted molar refractivity (Wildman–Crippen MR) is 102 cm³/mol. The van der Waals surface area contributed by atoms with E-state index in [1.54, 1.807) is 0 Å². The Hall–Kier alpha value is -3.15. The maximum Gasteiger partial charge on any atom is 0.153 e. The summed E-state index contributed by atoms with van der Waals surface area (Å²) in [5.41, 5.74) is 2.98. The Kier molecular flexibility index (Phi) is 3.89. The molecule has 3 aromatic heterocycles. The van der Waals surface area contributed by atoms with Gasteiger partial charge in [-0.25, -0.2) is 4.98 Å². The molecule has 136 valence electrons. The number of nitrogens with zero attached hydrogens (tertiary/aromatic N) is 5. The Morgan fingerprint density at radius 1 is 1.07 bits per heavy atom. The molecule has 0 saturated heterocycles. The van der Waals surface area contributed by atoms with E-state index in [-0.39, 0.29) is 0 Å². The molecule has 0 unspecified atom stereocenters. The van der Waals surface area contributed by atoms with Crippen molar-refractivity contribution in [2.24, 2.45) is 0 Å². The Balaban J connectivity index is 1.61. The maximum atomic E-state index is 6.09. The topological polar surface area (TPSA) is 61.7 Å². The highest BCUT2D eigenvalue weighted by Crippen LogP contribution is 2.33. The van der Waals surface area contributed by atoms with Gasteiger partial charge in [-0.15, -0.1) is 10.2 Å². The summed E-state index contributed by atoms with van der Waals surface area (Å²) >= 11 is 0. The quantitative estimate of drug-likeness (QED) is 0.541. The van der Waals surface area contributed by atoms with E-state index in [2.05, 4.69) is 38.4 Å². The van der Waals surface area contributed by atoms with Crippen molar-refractivity contribution in [1.29, 1.82) is 0 Å². The Morgan fingerprint density at radius 2 is 1.96 bits per heavy atom. The smallest absolute Gasteiger partial charge is 0.153 e. The third-order valence-corrected chi connectivity index (χ3v) is 5.13. The molecule has 0 aliphatic carbocycles. The molecule has 0 spiro atoms. The van der Waals surface area contributed by atoms with Crippen molar-refractivity contribution in [3.8, 4) is 22.7 Å². The summed E-state index contributed by atoms with van der Waals surface area (Å²) in [6.45, 7) is 3.72. The first kappa shape index (κ1) is 16.1. The van der Waals surface area contributed by atoms with E-state index < -0.39 is 0 Å². The van der Waals surface area contributed by atoms with Gasteiger partial charge < -0.3 is 13.6 Å². The van der Waals surface area contributed by atoms with Crippen molar-refractivity contribution in [3.63, 3.8) is 0 Å². The third kappa shape index (κ3) is 2.77. The number of benzene rings is 1. The molecule has 6 nitrogen and oxygen atoms in total. The minimum absolute atomic E-state index is 0.629. The molecule has 4 aromatic rings. The van der Waals surface area contributed by atoms with Crippen molar-refractivity contribution in [2.75, 3.05) is 0 Å². The summed E-state index contributed by atoms with van der Waals surface area (Å²) in [7, 11) is 0. The number of aryl methyl sites for hydroxylation is 2. The lowest BCUT2D eigenvalue weighted by Crippen LogP contribution is -2.08. The number of furan rings is 1. The molecule has 1 aromatic carbocycles. The number of fused-ring (bicyclic) bond motifs is 1. The van der Waals surface area contributed by atoms with Crippen LogP contribution in [0.25, 0.3) is 22.7 Å². The predicted octanol–water partition coefficient (Wildman–Crippen LogP) is 3.96. The van der Waals surface area contributed by atoms with E-state index >= 15 is 0 Å². The van der Waals surface area contributed by atoms with E-state index in [1.165, 1.54) is 0 Å². The standard InChI is InChI=1S/C21H21N5O/c1-2-16-10-11-17(27-16)21-20(15-7-4-3-5-8-15)22-14-25(21)13-19-24-23-18-9-6-12-26(18)19/h3-5,7-8,10-11,14H,2,6,9,12-13H2,1H3. The first-order valence-corrected chi connectivity index (χ1v) is 9.44.